The number of ether oxygens (including phenoxy) is 2. The largest absolute Gasteiger partial charge is 0.496 e. The fourth-order valence-electron chi connectivity index (χ4n) is 1.72. The predicted molar refractivity (Wildman–Crippen MR) is 84.0 cm³/mol. The minimum Gasteiger partial charge on any atom is -0.496 e. The average molecular weight is 337 g/mol. The number of amides is 2. The highest BCUT2D eigenvalue weighted by molar-refractivity contribution is 6.34. The molecule has 0 aliphatic carbocycles. The molecular weight excluding hydrogens is 324 g/mol. The van der Waals surface area contributed by atoms with E-state index in [2.05, 4.69) is 25.3 Å². The van der Waals surface area contributed by atoms with Gasteiger partial charge in [-0.1, -0.05) is 11.6 Å². The Hall–Kier alpha value is -2.87. The molecule has 2 N–H and O–H groups in total. The SMILES string of the molecule is COC(=O)c1cc(Cl)c(NC(=O)Nc2cnccn2)cc1OC. The first-order valence-corrected chi connectivity index (χ1v) is 6.72. The Balaban J connectivity index is 2.19. The van der Waals surface area contributed by atoms with Gasteiger partial charge in [0.05, 0.1) is 31.1 Å². The smallest absolute Gasteiger partial charge is 0.341 e. The van der Waals surface area contributed by atoms with Crippen molar-refractivity contribution < 1.29 is 19.1 Å². The molecule has 9 heteroatoms. The molecule has 0 saturated carbocycles. The number of hydrogen-bond acceptors (Lipinski definition) is 6. The third-order valence-electron chi connectivity index (χ3n) is 2.75. The molecule has 8 nitrogen and oxygen atoms in total. The van der Waals surface area contributed by atoms with Crippen molar-refractivity contribution in [3.63, 3.8) is 0 Å². The van der Waals surface area contributed by atoms with Crippen molar-refractivity contribution in [1.82, 2.24) is 9.97 Å². The highest BCUT2D eigenvalue weighted by Crippen LogP contribution is 2.31. The highest BCUT2D eigenvalue weighted by Gasteiger charge is 2.17. The Morgan fingerprint density at radius 1 is 1.17 bits per heavy atom. The zero-order valence-electron chi connectivity index (χ0n) is 12.3. The summed E-state index contributed by atoms with van der Waals surface area (Å²) in [6.07, 6.45) is 4.31. The minimum absolute atomic E-state index is 0.153. The van der Waals surface area contributed by atoms with Gasteiger partial charge in [-0.2, -0.15) is 0 Å². The maximum Gasteiger partial charge on any atom is 0.341 e. The van der Waals surface area contributed by atoms with Crippen LogP contribution >= 0.6 is 11.6 Å². The number of benzene rings is 1. The van der Waals surface area contributed by atoms with Crippen molar-refractivity contribution >= 4 is 35.1 Å². The second-order valence-electron chi connectivity index (χ2n) is 4.19. The van der Waals surface area contributed by atoms with Gasteiger partial charge in [-0.15, -0.1) is 0 Å². The molecule has 0 atom stereocenters. The van der Waals surface area contributed by atoms with Crippen LogP contribution in [-0.4, -0.2) is 36.2 Å². The molecule has 0 saturated heterocycles. The van der Waals surface area contributed by atoms with Crippen LogP contribution in [0.1, 0.15) is 10.4 Å². The summed E-state index contributed by atoms with van der Waals surface area (Å²) in [6.45, 7) is 0. The van der Waals surface area contributed by atoms with Crippen molar-refractivity contribution in [3.8, 4) is 5.75 Å². The normalized spacial score (nSPS) is 9.87. The quantitative estimate of drug-likeness (QED) is 0.832. The van der Waals surface area contributed by atoms with E-state index in [0.717, 1.165) is 0 Å². The molecule has 1 aromatic carbocycles. The van der Waals surface area contributed by atoms with Crippen LogP contribution in [-0.2, 0) is 4.74 Å². The van der Waals surface area contributed by atoms with Crippen LogP contribution in [0.15, 0.2) is 30.7 Å². The van der Waals surface area contributed by atoms with E-state index in [1.165, 1.54) is 44.9 Å². The van der Waals surface area contributed by atoms with Crippen LogP contribution in [0.25, 0.3) is 0 Å². The Morgan fingerprint density at radius 2 is 1.96 bits per heavy atom. The lowest BCUT2D eigenvalue weighted by atomic mass is 10.2. The Bertz CT molecular complexity index is 724. The van der Waals surface area contributed by atoms with Gasteiger partial charge in [0, 0.05) is 18.5 Å². The third kappa shape index (κ3) is 4.07. The van der Waals surface area contributed by atoms with E-state index in [4.69, 9.17) is 16.3 Å². The maximum atomic E-state index is 11.9. The molecule has 0 radical (unpaired) electrons. The molecular formula is C14H13ClN4O4. The summed E-state index contributed by atoms with van der Waals surface area (Å²) in [5.41, 5.74) is 0.414. The monoisotopic (exact) mass is 336 g/mol. The van der Waals surface area contributed by atoms with Crippen LogP contribution in [0.5, 0.6) is 5.75 Å². The van der Waals surface area contributed by atoms with Gasteiger partial charge < -0.3 is 14.8 Å². The number of aromatic nitrogens is 2. The lowest BCUT2D eigenvalue weighted by molar-refractivity contribution is 0.0597. The third-order valence-corrected chi connectivity index (χ3v) is 3.06. The molecule has 2 amide bonds. The lowest BCUT2D eigenvalue weighted by Gasteiger charge is -2.12. The van der Waals surface area contributed by atoms with Crippen LogP contribution in [0, 0.1) is 0 Å². The van der Waals surface area contributed by atoms with Gasteiger partial charge in [-0.25, -0.2) is 14.6 Å². The first-order chi connectivity index (χ1) is 11.0. The van der Waals surface area contributed by atoms with Gasteiger partial charge in [0.2, 0.25) is 0 Å². The summed E-state index contributed by atoms with van der Waals surface area (Å²) in [5, 5.41) is 5.18. The van der Waals surface area contributed by atoms with Crippen LogP contribution in [0.4, 0.5) is 16.3 Å². The molecule has 0 aliphatic heterocycles. The summed E-state index contributed by atoms with van der Waals surface area (Å²) in [5.74, 6) is -0.102. The number of anilines is 2. The van der Waals surface area contributed by atoms with Gasteiger partial charge in [0.25, 0.3) is 0 Å². The number of rotatable bonds is 4. The van der Waals surface area contributed by atoms with Crippen LogP contribution < -0.4 is 15.4 Å². The van der Waals surface area contributed by atoms with Crippen LogP contribution in [0.3, 0.4) is 0 Å². The second-order valence-corrected chi connectivity index (χ2v) is 4.60. The average Bonchev–Trinajstić information content (AvgIpc) is 2.56. The Kier molecular flexibility index (Phi) is 5.32. The lowest BCUT2D eigenvalue weighted by Crippen LogP contribution is -2.20. The number of halogens is 1. The summed E-state index contributed by atoms with van der Waals surface area (Å²) in [7, 11) is 2.63. The molecule has 0 spiro atoms. The summed E-state index contributed by atoms with van der Waals surface area (Å²) in [4.78, 5) is 31.3. The van der Waals surface area contributed by atoms with Gasteiger partial charge in [-0.05, 0) is 6.07 Å². The van der Waals surface area contributed by atoms with E-state index >= 15 is 0 Å². The van der Waals surface area contributed by atoms with E-state index < -0.39 is 12.0 Å². The predicted octanol–water partition coefficient (Wildman–Crippen LogP) is 2.57. The van der Waals surface area contributed by atoms with Crippen molar-refractivity contribution in [2.24, 2.45) is 0 Å². The number of carbonyl (C=O) groups is 2. The molecule has 1 aromatic heterocycles. The number of hydrogen-bond donors (Lipinski definition) is 2. The number of carbonyl (C=O) groups excluding carboxylic acids is 2. The first-order valence-electron chi connectivity index (χ1n) is 6.35. The number of urea groups is 1. The van der Waals surface area contributed by atoms with E-state index in [1.807, 2.05) is 0 Å². The molecule has 0 aliphatic rings. The highest BCUT2D eigenvalue weighted by atomic mass is 35.5. The van der Waals surface area contributed by atoms with Gasteiger partial charge in [0.15, 0.2) is 5.82 Å². The van der Waals surface area contributed by atoms with Crippen molar-refractivity contribution in [2.45, 2.75) is 0 Å². The van der Waals surface area contributed by atoms with E-state index in [0.29, 0.717) is 0 Å². The number of nitrogens with zero attached hydrogens (tertiary/aromatic N) is 2. The van der Waals surface area contributed by atoms with E-state index in [1.54, 1.807) is 0 Å². The molecule has 0 fully saturated rings. The van der Waals surface area contributed by atoms with Gasteiger partial charge >= 0.3 is 12.0 Å². The first kappa shape index (κ1) is 16.5. The number of esters is 1. The van der Waals surface area contributed by atoms with Crippen LogP contribution in [0.2, 0.25) is 5.02 Å². The second kappa shape index (κ2) is 7.41. The van der Waals surface area contributed by atoms with Crippen molar-refractivity contribution in [2.75, 3.05) is 24.9 Å². The van der Waals surface area contributed by atoms with E-state index in [-0.39, 0.29) is 27.8 Å². The fraction of sp³-hybridized carbons (Fsp3) is 0.143. The summed E-state index contributed by atoms with van der Waals surface area (Å²) >= 11 is 6.07. The molecule has 0 bridgehead atoms. The molecule has 1 heterocycles. The standard InChI is InChI=1S/C14H13ClN4O4/c1-22-11-6-10(9(15)5-8(11)13(20)23-2)18-14(21)19-12-7-16-3-4-17-12/h3-7H,1-2H3,(H2,17,18,19,21). The zero-order valence-corrected chi connectivity index (χ0v) is 13.0. The fourth-order valence-corrected chi connectivity index (χ4v) is 1.93. The molecule has 120 valence electrons. The summed E-state index contributed by atoms with van der Waals surface area (Å²) < 4.78 is 9.75. The molecule has 0 unspecified atom stereocenters. The maximum absolute atomic E-state index is 11.9. The zero-order chi connectivity index (χ0) is 16.8. The molecule has 23 heavy (non-hydrogen) atoms. The summed E-state index contributed by atoms with van der Waals surface area (Å²) in [6, 6.07) is 2.20. The molecule has 2 rings (SSSR count). The van der Waals surface area contributed by atoms with Gasteiger partial charge in [-0.3, -0.25) is 10.3 Å². The van der Waals surface area contributed by atoms with Gasteiger partial charge in [0.1, 0.15) is 11.3 Å². The topological polar surface area (TPSA) is 102 Å². The van der Waals surface area contributed by atoms with Crippen molar-refractivity contribution in [1.29, 1.82) is 0 Å². The number of methoxy groups -OCH3 is 2. The molecule has 2 aromatic rings. The minimum atomic E-state index is -0.598. The Labute approximate surface area is 136 Å². The number of nitrogens with one attached hydrogen (secondary N) is 2. The Morgan fingerprint density at radius 3 is 2.57 bits per heavy atom. The van der Waals surface area contributed by atoms with Crippen molar-refractivity contribution in [3.05, 3.63) is 41.3 Å². The van der Waals surface area contributed by atoms with E-state index in [9.17, 15) is 9.59 Å².